The molecule has 1 aliphatic carbocycles. The van der Waals surface area contributed by atoms with Crippen molar-refractivity contribution in [2.45, 2.75) is 25.4 Å². The van der Waals surface area contributed by atoms with E-state index in [-0.39, 0.29) is 23.9 Å². The molecule has 2 heterocycles. The number of aromatic amines is 1. The van der Waals surface area contributed by atoms with Gasteiger partial charge in [-0.2, -0.15) is 5.26 Å². The Morgan fingerprint density at radius 1 is 1.16 bits per heavy atom. The molecule has 4 aromatic rings. The maximum Gasteiger partial charge on any atom is 0.258 e. The van der Waals surface area contributed by atoms with Gasteiger partial charge in [0, 0.05) is 24.1 Å². The van der Waals surface area contributed by atoms with Gasteiger partial charge < -0.3 is 9.72 Å². The molecule has 1 aliphatic rings. The smallest absolute Gasteiger partial charge is 0.258 e. The van der Waals surface area contributed by atoms with Crippen molar-refractivity contribution < 1.29 is 9.13 Å². The van der Waals surface area contributed by atoms with Gasteiger partial charge in [-0.3, -0.25) is 9.36 Å². The molecule has 7 heteroatoms. The van der Waals surface area contributed by atoms with Gasteiger partial charge in [0.25, 0.3) is 5.56 Å². The lowest BCUT2D eigenvalue weighted by molar-refractivity contribution is 0.305. The summed E-state index contributed by atoms with van der Waals surface area (Å²) < 4.78 is 20.2. The monoisotopic (exact) mass is 414 g/mol. The minimum atomic E-state index is -0.299. The van der Waals surface area contributed by atoms with E-state index < -0.39 is 0 Å². The highest BCUT2D eigenvalue weighted by Crippen LogP contribution is 2.40. The van der Waals surface area contributed by atoms with Crippen LogP contribution >= 0.6 is 0 Å². The van der Waals surface area contributed by atoms with E-state index in [9.17, 15) is 9.18 Å². The number of aromatic nitrogens is 3. The van der Waals surface area contributed by atoms with E-state index in [0.29, 0.717) is 11.7 Å². The number of nitrogens with zero attached hydrogens (tertiary/aromatic N) is 3. The lowest BCUT2D eigenvalue weighted by atomic mass is 9.75. The molecule has 0 aliphatic heterocycles. The Morgan fingerprint density at radius 3 is 2.71 bits per heavy atom. The summed E-state index contributed by atoms with van der Waals surface area (Å²) in [6, 6.07) is 17.1. The SMILES string of the molecule is N#CC1CC(c2nc3ccc(-n4ccc(OCc5ccc(F)cc5)cc4=O)cc3[nH]2)C1. The van der Waals surface area contributed by atoms with Crippen LogP contribution in [0.3, 0.4) is 0 Å². The first kappa shape index (κ1) is 19.1. The minimum Gasteiger partial charge on any atom is -0.489 e. The summed E-state index contributed by atoms with van der Waals surface area (Å²) in [6.07, 6.45) is 3.34. The van der Waals surface area contributed by atoms with Gasteiger partial charge in [0.1, 0.15) is 24.0 Å². The molecule has 0 radical (unpaired) electrons. The topological polar surface area (TPSA) is 83.7 Å². The molecule has 0 amide bonds. The average molecular weight is 414 g/mol. The third-order valence-electron chi connectivity index (χ3n) is 5.68. The van der Waals surface area contributed by atoms with Gasteiger partial charge >= 0.3 is 0 Å². The van der Waals surface area contributed by atoms with Crippen LogP contribution in [0.5, 0.6) is 5.75 Å². The van der Waals surface area contributed by atoms with E-state index >= 15 is 0 Å². The third kappa shape index (κ3) is 3.80. The van der Waals surface area contributed by atoms with Crippen molar-refractivity contribution in [2.75, 3.05) is 0 Å². The fourth-order valence-electron chi connectivity index (χ4n) is 3.82. The highest BCUT2D eigenvalue weighted by Gasteiger charge is 2.32. The first-order valence-electron chi connectivity index (χ1n) is 10.1. The molecule has 6 nitrogen and oxygen atoms in total. The predicted molar refractivity (Wildman–Crippen MR) is 114 cm³/mol. The highest BCUT2D eigenvalue weighted by molar-refractivity contribution is 5.77. The number of nitriles is 1. The number of hydrogen-bond acceptors (Lipinski definition) is 4. The second-order valence-corrected chi connectivity index (χ2v) is 7.80. The molecule has 2 aromatic heterocycles. The summed E-state index contributed by atoms with van der Waals surface area (Å²) >= 11 is 0. The zero-order valence-corrected chi connectivity index (χ0v) is 16.6. The first-order valence-corrected chi connectivity index (χ1v) is 10.1. The molecular formula is C24H19FN4O2. The number of pyridine rings is 1. The number of ether oxygens (including phenoxy) is 1. The van der Waals surface area contributed by atoms with E-state index in [1.807, 2.05) is 18.2 Å². The van der Waals surface area contributed by atoms with Gasteiger partial charge in [-0.05, 0) is 54.8 Å². The number of fused-ring (bicyclic) bond motifs is 1. The number of nitrogens with one attached hydrogen (secondary N) is 1. The first-order chi connectivity index (χ1) is 15.1. The van der Waals surface area contributed by atoms with Crippen LogP contribution in [0.4, 0.5) is 4.39 Å². The average Bonchev–Trinajstić information content (AvgIpc) is 3.15. The maximum absolute atomic E-state index is 13.0. The molecule has 1 saturated carbocycles. The van der Waals surface area contributed by atoms with Crippen molar-refractivity contribution in [2.24, 2.45) is 5.92 Å². The van der Waals surface area contributed by atoms with Crippen molar-refractivity contribution in [3.63, 3.8) is 0 Å². The quantitative estimate of drug-likeness (QED) is 0.523. The molecule has 0 spiro atoms. The van der Waals surface area contributed by atoms with Crippen molar-refractivity contribution in [3.05, 3.63) is 88.4 Å². The molecule has 0 saturated heterocycles. The number of benzene rings is 2. The molecule has 1 fully saturated rings. The van der Waals surface area contributed by atoms with E-state index in [1.165, 1.54) is 18.2 Å². The van der Waals surface area contributed by atoms with E-state index in [2.05, 4.69) is 16.0 Å². The van der Waals surface area contributed by atoms with Crippen LogP contribution < -0.4 is 10.3 Å². The van der Waals surface area contributed by atoms with Gasteiger partial charge in [-0.1, -0.05) is 12.1 Å². The predicted octanol–water partition coefficient (Wildman–Crippen LogP) is 4.45. The lowest BCUT2D eigenvalue weighted by Crippen LogP contribution is -2.21. The number of rotatable bonds is 5. The summed E-state index contributed by atoms with van der Waals surface area (Å²) in [4.78, 5) is 20.6. The van der Waals surface area contributed by atoms with E-state index in [4.69, 9.17) is 10.00 Å². The van der Waals surface area contributed by atoms with Crippen molar-refractivity contribution in [1.82, 2.24) is 14.5 Å². The van der Waals surface area contributed by atoms with E-state index in [1.54, 1.807) is 29.0 Å². The van der Waals surface area contributed by atoms with Crippen molar-refractivity contribution in [3.8, 4) is 17.5 Å². The van der Waals surface area contributed by atoms with Crippen molar-refractivity contribution in [1.29, 1.82) is 5.26 Å². The maximum atomic E-state index is 13.0. The fraction of sp³-hybridized carbons (Fsp3) is 0.208. The summed E-state index contributed by atoms with van der Waals surface area (Å²) in [5.74, 6) is 1.46. The van der Waals surface area contributed by atoms with Gasteiger partial charge in [-0.15, -0.1) is 0 Å². The molecule has 31 heavy (non-hydrogen) atoms. The molecule has 154 valence electrons. The van der Waals surface area contributed by atoms with Crippen LogP contribution in [0, 0.1) is 23.1 Å². The summed E-state index contributed by atoms with van der Waals surface area (Å²) in [6.45, 7) is 0.250. The largest absolute Gasteiger partial charge is 0.489 e. The van der Waals surface area contributed by atoms with Gasteiger partial charge in [-0.25, -0.2) is 9.37 Å². The van der Waals surface area contributed by atoms with Crippen LogP contribution in [0.25, 0.3) is 16.7 Å². The Bertz CT molecular complexity index is 1340. The van der Waals surface area contributed by atoms with Crippen LogP contribution in [0.2, 0.25) is 0 Å². The zero-order chi connectivity index (χ0) is 21.4. The normalized spacial score (nSPS) is 17.8. The standard InChI is InChI=1S/C24H19FN4O2/c25-18-3-1-15(2-4-18)14-31-20-7-8-29(23(30)12-20)19-5-6-21-22(11-19)28-24(27-21)17-9-16(10-17)13-26/h1-8,11-12,16-17H,9-10,14H2,(H,27,28). The molecule has 0 bridgehead atoms. The van der Waals surface area contributed by atoms with Gasteiger partial charge in [0.2, 0.25) is 0 Å². The van der Waals surface area contributed by atoms with Crippen LogP contribution in [0.15, 0.2) is 65.6 Å². The Hall–Kier alpha value is -3.92. The Morgan fingerprint density at radius 2 is 1.97 bits per heavy atom. The number of H-pyrrole nitrogens is 1. The van der Waals surface area contributed by atoms with Gasteiger partial charge in [0.15, 0.2) is 0 Å². The third-order valence-corrected chi connectivity index (χ3v) is 5.68. The van der Waals surface area contributed by atoms with Crippen molar-refractivity contribution >= 4 is 11.0 Å². The van der Waals surface area contributed by atoms with Crippen LogP contribution in [-0.2, 0) is 6.61 Å². The molecule has 0 atom stereocenters. The lowest BCUT2D eigenvalue weighted by Gasteiger charge is -2.28. The fourth-order valence-corrected chi connectivity index (χ4v) is 3.82. The number of hydrogen-bond donors (Lipinski definition) is 1. The summed E-state index contributed by atoms with van der Waals surface area (Å²) in [5, 5.41) is 8.96. The minimum absolute atomic E-state index is 0.121. The molecule has 2 aromatic carbocycles. The highest BCUT2D eigenvalue weighted by atomic mass is 19.1. The van der Waals surface area contributed by atoms with Crippen LogP contribution in [0.1, 0.15) is 30.1 Å². The molecule has 5 rings (SSSR count). The summed E-state index contributed by atoms with van der Waals surface area (Å²) in [5.41, 5.74) is 3.02. The van der Waals surface area contributed by atoms with E-state index in [0.717, 1.165) is 41.0 Å². The molecule has 0 unspecified atom stereocenters. The second kappa shape index (κ2) is 7.73. The number of imidazole rings is 1. The van der Waals surface area contributed by atoms with Gasteiger partial charge in [0.05, 0.1) is 22.8 Å². The van der Waals surface area contributed by atoms with Crippen LogP contribution in [-0.4, -0.2) is 14.5 Å². The number of halogens is 1. The molecular weight excluding hydrogens is 395 g/mol. The Balaban J connectivity index is 1.34. The molecule has 1 N–H and O–H groups in total. The second-order valence-electron chi connectivity index (χ2n) is 7.80. The Labute approximate surface area is 177 Å². The zero-order valence-electron chi connectivity index (χ0n) is 16.6. The Kier molecular flexibility index (Phi) is 4.75. The summed E-state index contributed by atoms with van der Waals surface area (Å²) in [7, 11) is 0.